The Balaban J connectivity index is 2.18. The Hall–Kier alpha value is -0.140. The van der Waals surface area contributed by atoms with Gasteiger partial charge >= 0.3 is 0 Å². The Bertz CT molecular complexity index is 494. The molecule has 2 heterocycles. The minimum atomic E-state index is -3.39. The highest BCUT2D eigenvalue weighted by molar-refractivity contribution is 7.91. The molecule has 0 saturated carbocycles. The minimum Gasteiger partial charge on any atom is -0.381 e. The summed E-state index contributed by atoms with van der Waals surface area (Å²) in [5.74, 6) is 0.340. The second-order valence-corrected chi connectivity index (χ2v) is 7.68. The maximum atomic E-state index is 12.4. The Labute approximate surface area is 117 Å². The standard InChI is InChI=1S/C11H16ClNO3S2/c1-13(10-2-4-16-5-3-10)18(14,15)11-6-9(7-12)8-17-11/h6,8,10H,2-5,7H2,1H3. The predicted octanol–water partition coefficient (Wildman–Crippen LogP) is 2.29. The molecule has 0 aliphatic carbocycles. The zero-order valence-corrected chi connectivity index (χ0v) is 12.5. The van der Waals surface area contributed by atoms with E-state index in [0.717, 1.165) is 18.4 Å². The molecule has 102 valence electrons. The Morgan fingerprint density at radius 2 is 2.17 bits per heavy atom. The normalized spacial score (nSPS) is 18.4. The lowest BCUT2D eigenvalue weighted by atomic mass is 10.1. The van der Waals surface area contributed by atoms with E-state index in [1.165, 1.54) is 15.6 Å². The van der Waals surface area contributed by atoms with Crippen LogP contribution in [0.1, 0.15) is 18.4 Å². The molecule has 0 unspecified atom stereocenters. The quantitative estimate of drug-likeness (QED) is 0.802. The van der Waals surface area contributed by atoms with Gasteiger partial charge in [0.15, 0.2) is 0 Å². The Morgan fingerprint density at radius 3 is 2.72 bits per heavy atom. The highest BCUT2D eigenvalue weighted by Gasteiger charge is 2.30. The summed E-state index contributed by atoms with van der Waals surface area (Å²) in [7, 11) is -1.75. The van der Waals surface area contributed by atoms with Gasteiger partial charge in [-0.1, -0.05) is 0 Å². The molecule has 0 atom stereocenters. The molecule has 0 aromatic carbocycles. The number of ether oxygens (including phenoxy) is 1. The second kappa shape index (κ2) is 5.88. The first-order chi connectivity index (χ1) is 8.55. The van der Waals surface area contributed by atoms with Crippen molar-refractivity contribution in [3.8, 4) is 0 Å². The monoisotopic (exact) mass is 309 g/mol. The van der Waals surface area contributed by atoms with Crippen molar-refractivity contribution < 1.29 is 13.2 Å². The lowest BCUT2D eigenvalue weighted by Crippen LogP contribution is -2.40. The summed E-state index contributed by atoms with van der Waals surface area (Å²) in [6.45, 7) is 1.25. The van der Waals surface area contributed by atoms with Crippen molar-refractivity contribution in [3.63, 3.8) is 0 Å². The maximum Gasteiger partial charge on any atom is 0.252 e. The van der Waals surface area contributed by atoms with Gasteiger partial charge in [0.05, 0.1) is 0 Å². The summed E-state index contributed by atoms with van der Waals surface area (Å²) in [6, 6.07) is 1.69. The van der Waals surface area contributed by atoms with Crippen LogP contribution in [0.4, 0.5) is 0 Å². The summed E-state index contributed by atoms with van der Waals surface area (Å²) in [5.41, 5.74) is 0.848. The first kappa shape index (κ1) is 14.3. The fraction of sp³-hybridized carbons (Fsp3) is 0.636. The van der Waals surface area contributed by atoms with Crippen molar-refractivity contribution >= 4 is 33.0 Å². The zero-order valence-electron chi connectivity index (χ0n) is 10.1. The molecule has 0 spiro atoms. The average molecular weight is 310 g/mol. The van der Waals surface area contributed by atoms with Gasteiger partial charge in [0.2, 0.25) is 0 Å². The van der Waals surface area contributed by atoms with Gasteiger partial charge in [-0.3, -0.25) is 0 Å². The van der Waals surface area contributed by atoms with Crippen LogP contribution in [0.15, 0.2) is 15.7 Å². The summed E-state index contributed by atoms with van der Waals surface area (Å²) < 4.78 is 31.9. The van der Waals surface area contributed by atoms with Crippen LogP contribution in [0.5, 0.6) is 0 Å². The Kier molecular flexibility index (Phi) is 4.66. The van der Waals surface area contributed by atoms with E-state index in [1.54, 1.807) is 18.5 Å². The third-order valence-corrected chi connectivity index (χ3v) is 6.81. The van der Waals surface area contributed by atoms with Gasteiger partial charge in [0, 0.05) is 32.2 Å². The lowest BCUT2D eigenvalue weighted by Gasteiger charge is -2.29. The molecule has 0 N–H and O–H groups in total. The summed E-state index contributed by atoms with van der Waals surface area (Å²) in [4.78, 5) is 0. The average Bonchev–Trinajstić information content (AvgIpc) is 2.88. The number of halogens is 1. The molecule has 0 amide bonds. The van der Waals surface area contributed by atoms with Gasteiger partial charge in [-0.2, -0.15) is 4.31 Å². The van der Waals surface area contributed by atoms with Crippen LogP contribution in [0.2, 0.25) is 0 Å². The number of rotatable bonds is 4. The molecule has 7 heteroatoms. The summed E-state index contributed by atoms with van der Waals surface area (Å²) in [6.07, 6.45) is 1.51. The van der Waals surface area contributed by atoms with Crippen molar-refractivity contribution in [2.75, 3.05) is 20.3 Å². The van der Waals surface area contributed by atoms with Crippen LogP contribution < -0.4 is 0 Å². The fourth-order valence-corrected chi connectivity index (χ4v) is 5.00. The van der Waals surface area contributed by atoms with E-state index < -0.39 is 10.0 Å². The first-order valence-electron chi connectivity index (χ1n) is 5.75. The predicted molar refractivity (Wildman–Crippen MR) is 72.7 cm³/mol. The maximum absolute atomic E-state index is 12.4. The molecule has 1 saturated heterocycles. The van der Waals surface area contributed by atoms with Gasteiger partial charge in [0.1, 0.15) is 4.21 Å². The van der Waals surface area contributed by atoms with E-state index in [2.05, 4.69) is 0 Å². The van der Waals surface area contributed by atoms with Gasteiger partial charge in [-0.25, -0.2) is 8.42 Å². The summed E-state index contributed by atoms with van der Waals surface area (Å²) in [5, 5.41) is 1.79. The van der Waals surface area contributed by atoms with Crippen LogP contribution in [0.3, 0.4) is 0 Å². The van der Waals surface area contributed by atoms with E-state index in [-0.39, 0.29) is 6.04 Å². The number of thiophene rings is 1. The first-order valence-corrected chi connectivity index (χ1v) is 8.60. The van der Waals surface area contributed by atoms with Gasteiger partial charge in [0.25, 0.3) is 10.0 Å². The molecule has 1 aliphatic rings. The minimum absolute atomic E-state index is 0.0327. The van der Waals surface area contributed by atoms with Crippen LogP contribution in [-0.2, 0) is 20.6 Å². The topological polar surface area (TPSA) is 46.6 Å². The highest BCUT2D eigenvalue weighted by atomic mass is 35.5. The van der Waals surface area contributed by atoms with E-state index >= 15 is 0 Å². The molecule has 0 radical (unpaired) electrons. The number of hydrogen-bond acceptors (Lipinski definition) is 4. The third-order valence-electron chi connectivity index (χ3n) is 3.12. The van der Waals surface area contributed by atoms with Crippen LogP contribution in [0, 0.1) is 0 Å². The SMILES string of the molecule is CN(C1CCOCC1)S(=O)(=O)c1cc(CCl)cs1. The lowest BCUT2D eigenvalue weighted by molar-refractivity contribution is 0.0632. The van der Waals surface area contributed by atoms with E-state index in [9.17, 15) is 8.42 Å². The second-order valence-electron chi connectivity index (χ2n) is 4.27. The molecular formula is C11H16ClNO3S2. The van der Waals surface area contributed by atoms with Gasteiger partial charge in [-0.05, 0) is 29.9 Å². The van der Waals surface area contributed by atoms with Gasteiger partial charge < -0.3 is 4.74 Å². The number of alkyl halides is 1. The van der Waals surface area contributed by atoms with Crippen LogP contribution >= 0.6 is 22.9 Å². The number of nitrogens with zero attached hydrogens (tertiary/aromatic N) is 1. The highest BCUT2D eigenvalue weighted by Crippen LogP contribution is 2.27. The number of sulfonamides is 1. The molecule has 1 fully saturated rings. The van der Waals surface area contributed by atoms with Crippen LogP contribution in [-0.4, -0.2) is 39.0 Å². The molecule has 1 aliphatic heterocycles. The fourth-order valence-electron chi connectivity index (χ4n) is 1.95. The van der Waals surface area contributed by atoms with E-state index in [4.69, 9.17) is 16.3 Å². The summed E-state index contributed by atoms with van der Waals surface area (Å²) >= 11 is 6.93. The molecular weight excluding hydrogens is 294 g/mol. The van der Waals surface area contributed by atoms with E-state index in [0.29, 0.717) is 23.3 Å². The van der Waals surface area contributed by atoms with Crippen LogP contribution in [0.25, 0.3) is 0 Å². The third kappa shape index (κ3) is 2.88. The molecule has 0 bridgehead atoms. The van der Waals surface area contributed by atoms with Crippen molar-refractivity contribution in [1.82, 2.24) is 4.31 Å². The smallest absolute Gasteiger partial charge is 0.252 e. The molecule has 2 rings (SSSR count). The molecule has 4 nitrogen and oxygen atoms in total. The van der Waals surface area contributed by atoms with Crippen molar-refractivity contribution in [2.24, 2.45) is 0 Å². The molecule has 1 aromatic heterocycles. The number of hydrogen-bond donors (Lipinski definition) is 0. The largest absolute Gasteiger partial charge is 0.381 e. The van der Waals surface area contributed by atoms with Crippen molar-refractivity contribution in [2.45, 2.75) is 29.0 Å². The van der Waals surface area contributed by atoms with E-state index in [1.807, 2.05) is 0 Å². The Morgan fingerprint density at radius 1 is 1.50 bits per heavy atom. The zero-order chi connectivity index (χ0) is 13.2. The van der Waals surface area contributed by atoms with Crippen molar-refractivity contribution in [3.05, 3.63) is 17.0 Å². The van der Waals surface area contributed by atoms with Gasteiger partial charge in [-0.15, -0.1) is 22.9 Å². The molecule has 18 heavy (non-hydrogen) atoms. The molecule has 1 aromatic rings. The van der Waals surface area contributed by atoms with Crippen molar-refractivity contribution in [1.29, 1.82) is 0 Å².